The number of methoxy groups -OCH3 is 1. The van der Waals surface area contributed by atoms with Crippen molar-refractivity contribution in [2.45, 2.75) is 42.0 Å². The maximum absolute atomic E-state index is 15.1. The van der Waals surface area contributed by atoms with Crippen LogP contribution in [0.3, 0.4) is 0 Å². The van der Waals surface area contributed by atoms with Crippen molar-refractivity contribution >= 4 is 39.5 Å². The molecular weight excluding hydrogens is 608 g/mol. The van der Waals surface area contributed by atoms with Crippen molar-refractivity contribution in [1.29, 1.82) is 0 Å². The largest absolute Gasteiger partial charge is 0.495 e. The van der Waals surface area contributed by atoms with E-state index in [1.165, 1.54) is 50.1 Å². The summed E-state index contributed by atoms with van der Waals surface area (Å²) < 4.78 is 61.8. The van der Waals surface area contributed by atoms with Crippen LogP contribution in [0.2, 0.25) is 5.02 Å². The normalized spacial score (nSPS) is 11.9. The molecule has 0 radical (unpaired) electrons. The summed E-state index contributed by atoms with van der Waals surface area (Å²) in [6, 6.07) is 14.7. The molecule has 0 aliphatic carbocycles. The van der Waals surface area contributed by atoms with Gasteiger partial charge in [0.2, 0.25) is 0 Å². The number of benzene rings is 3. The quantitative estimate of drug-likeness (QED) is 0.185. The van der Waals surface area contributed by atoms with Gasteiger partial charge in [-0.2, -0.15) is 0 Å². The van der Waals surface area contributed by atoms with Gasteiger partial charge in [-0.25, -0.2) is 31.3 Å². The predicted molar refractivity (Wildman–Crippen MR) is 157 cm³/mol. The van der Waals surface area contributed by atoms with Crippen LogP contribution in [0.4, 0.5) is 13.6 Å². The lowest BCUT2D eigenvalue weighted by Gasteiger charge is -2.28. The van der Waals surface area contributed by atoms with Gasteiger partial charge in [0.25, 0.3) is 10.0 Å². The van der Waals surface area contributed by atoms with E-state index < -0.39 is 38.1 Å². The molecular formula is C29H28ClF2N3O5S2. The van der Waals surface area contributed by atoms with Crippen molar-refractivity contribution in [1.82, 2.24) is 13.9 Å². The van der Waals surface area contributed by atoms with Gasteiger partial charge in [0, 0.05) is 23.4 Å². The first-order chi connectivity index (χ1) is 19.8. The molecule has 1 amide bonds. The Balaban J connectivity index is 1.71. The van der Waals surface area contributed by atoms with E-state index in [0.717, 1.165) is 17.3 Å². The molecule has 1 heterocycles. The lowest BCUT2D eigenvalue weighted by atomic mass is 9.81. The van der Waals surface area contributed by atoms with E-state index in [0.29, 0.717) is 21.6 Å². The number of sulfonamides is 1. The molecule has 42 heavy (non-hydrogen) atoms. The summed E-state index contributed by atoms with van der Waals surface area (Å²) >= 11 is 7.45. The molecule has 8 nitrogen and oxygen atoms in total. The van der Waals surface area contributed by atoms with E-state index in [1.807, 2.05) is 30.5 Å². The fourth-order valence-electron chi connectivity index (χ4n) is 4.40. The zero-order chi connectivity index (χ0) is 30.8. The molecule has 0 spiro atoms. The Morgan fingerprint density at radius 1 is 1.12 bits per heavy atom. The number of thioether (sulfide) groups is 1. The molecule has 0 saturated heterocycles. The number of ether oxygens (including phenoxy) is 1. The summed E-state index contributed by atoms with van der Waals surface area (Å²) in [7, 11) is -2.90. The topological polar surface area (TPSA) is 102 Å². The number of hydrogen-bond acceptors (Lipinski definition) is 6. The minimum atomic E-state index is -4.43. The first-order valence-electron chi connectivity index (χ1n) is 12.7. The molecule has 0 aliphatic heterocycles. The number of amides is 1. The third kappa shape index (κ3) is 6.11. The van der Waals surface area contributed by atoms with Gasteiger partial charge in [-0.15, -0.1) is 0 Å². The van der Waals surface area contributed by atoms with Crippen LogP contribution in [0, 0.1) is 11.6 Å². The van der Waals surface area contributed by atoms with E-state index in [9.17, 15) is 22.7 Å². The summed E-state index contributed by atoms with van der Waals surface area (Å²) in [4.78, 5) is 15.5. The smallest absolute Gasteiger partial charge is 0.421 e. The number of carbonyl (C=O) groups is 1. The standard InChI is InChI=1S/C29H28ClF2N3O5S2/c1-5-34(28(36)37)42(38,39)22-12-6-18(24(32)15-22)17-41-27-33-16-26(35(27)21-10-8-20(31)9-11-21)29(2,3)19-7-13-23(30)25(14-19)40-4/h6-16H,5,17H2,1-4H3,(H,36,37). The molecule has 0 atom stereocenters. The average Bonchev–Trinajstić information content (AvgIpc) is 3.37. The lowest BCUT2D eigenvalue weighted by Crippen LogP contribution is -2.35. The second-order valence-electron chi connectivity index (χ2n) is 9.71. The molecule has 1 N–H and O–H groups in total. The van der Waals surface area contributed by atoms with Gasteiger partial charge >= 0.3 is 6.09 Å². The highest BCUT2D eigenvalue weighted by Gasteiger charge is 2.31. The molecule has 1 aromatic heterocycles. The first kappa shape index (κ1) is 31.3. The van der Waals surface area contributed by atoms with Crippen LogP contribution in [0.5, 0.6) is 5.75 Å². The highest BCUT2D eigenvalue weighted by Crippen LogP contribution is 2.39. The number of carboxylic acid groups (broad SMARTS) is 1. The predicted octanol–water partition coefficient (Wildman–Crippen LogP) is 7.12. The molecule has 4 rings (SSSR count). The van der Waals surface area contributed by atoms with Gasteiger partial charge in [0.1, 0.15) is 17.4 Å². The Hall–Kier alpha value is -3.61. The van der Waals surface area contributed by atoms with Gasteiger partial charge in [0.05, 0.1) is 28.9 Å². The first-order valence-corrected chi connectivity index (χ1v) is 15.5. The van der Waals surface area contributed by atoms with Crippen LogP contribution in [0.15, 0.2) is 76.9 Å². The minimum absolute atomic E-state index is 0.0788. The lowest BCUT2D eigenvalue weighted by molar-refractivity contribution is 0.173. The van der Waals surface area contributed by atoms with Crippen molar-refractivity contribution in [2.75, 3.05) is 13.7 Å². The Morgan fingerprint density at radius 2 is 1.81 bits per heavy atom. The van der Waals surface area contributed by atoms with Gasteiger partial charge < -0.3 is 9.84 Å². The fourth-order valence-corrected chi connectivity index (χ4v) is 6.86. The fraction of sp³-hybridized carbons (Fsp3) is 0.241. The Labute approximate surface area is 252 Å². The molecule has 0 bridgehead atoms. The molecule has 3 aromatic carbocycles. The third-order valence-corrected chi connectivity index (χ3v) is 9.96. The monoisotopic (exact) mass is 635 g/mol. The number of hydrogen-bond donors (Lipinski definition) is 1. The van der Waals surface area contributed by atoms with Crippen molar-refractivity contribution in [3.63, 3.8) is 0 Å². The van der Waals surface area contributed by atoms with Crippen molar-refractivity contribution in [3.8, 4) is 11.4 Å². The van der Waals surface area contributed by atoms with Crippen LogP contribution < -0.4 is 4.74 Å². The summed E-state index contributed by atoms with van der Waals surface area (Å²) in [5, 5.41) is 10.2. The zero-order valence-corrected chi connectivity index (χ0v) is 25.5. The van der Waals surface area contributed by atoms with Crippen LogP contribution in [0.1, 0.15) is 37.6 Å². The van der Waals surface area contributed by atoms with Crippen LogP contribution in [-0.4, -0.2) is 47.1 Å². The van der Waals surface area contributed by atoms with Crippen molar-refractivity contribution in [2.24, 2.45) is 0 Å². The van der Waals surface area contributed by atoms with E-state index in [2.05, 4.69) is 4.98 Å². The maximum atomic E-state index is 15.1. The molecule has 0 aliphatic rings. The summed E-state index contributed by atoms with van der Waals surface area (Å²) in [6.45, 7) is 5.05. The van der Waals surface area contributed by atoms with Gasteiger partial charge in [-0.05, 0) is 66.6 Å². The van der Waals surface area contributed by atoms with E-state index in [-0.39, 0.29) is 22.2 Å². The zero-order valence-electron chi connectivity index (χ0n) is 23.1. The number of rotatable bonds is 10. The summed E-state index contributed by atoms with van der Waals surface area (Å²) in [5.74, 6) is -0.622. The third-order valence-electron chi connectivity index (χ3n) is 6.80. The van der Waals surface area contributed by atoms with E-state index >= 15 is 4.39 Å². The summed E-state index contributed by atoms with van der Waals surface area (Å²) in [5.41, 5.74) is 1.84. The molecule has 13 heteroatoms. The minimum Gasteiger partial charge on any atom is -0.495 e. The average molecular weight is 636 g/mol. The molecule has 222 valence electrons. The van der Waals surface area contributed by atoms with Gasteiger partial charge in [-0.3, -0.25) is 4.57 Å². The Kier molecular flexibility index (Phi) is 9.19. The second kappa shape index (κ2) is 12.3. The van der Waals surface area contributed by atoms with Crippen molar-refractivity contribution in [3.05, 3.63) is 100 Å². The summed E-state index contributed by atoms with van der Waals surface area (Å²) in [6.07, 6.45) is 0.0465. The maximum Gasteiger partial charge on any atom is 0.421 e. The van der Waals surface area contributed by atoms with Crippen molar-refractivity contribution < 1.29 is 31.8 Å². The highest BCUT2D eigenvalue weighted by molar-refractivity contribution is 7.98. The highest BCUT2D eigenvalue weighted by atomic mass is 35.5. The van der Waals surface area contributed by atoms with E-state index in [1.54, 1.807) is 24.4 Å². The molecule has 0 unspecified atom stereocenters. The van der Waals surface area contributed by atoms with E-state index in [4.69, 9.17) is 16.3 Å². The molecule has 0 fully saturated rings. The number of aromatic nitrogens is 2. The number of imidazole rings is 1. The van der Waals surface area contributed by atoms with Crippen LogP contribution in [0.25, 0.3) is 5.69 Å². The molecule has 0 saturated carbocycles. The van der Waals surface area contributed by atoms with Gasteiger partial charge in [0.15, 0.2) is 5.16 Å². The second-order valence-corrected chi connectivity index (χ2v) is 12.9. The SMILES string of the molecule is CCN(C(=O)O)S(=O)(=O)c1ccc(CSc2ncc(C(C)(C)c3ccc(Cl)c(OC)c3)n2-c2ccc(F)cc2)c(F)c1. The van der Waals surface area contributed by atoms with Crippen LogP contribution >= 0.6 is 23.4 Å². The Bertz CT molecular complexity index is 1730. The molecule has 4 aromatic rings. The van der Waals surface area contributed by atoms with Gasteiger partial charge in [-0.1, -0.05) is 49.3 Å². The van der Waals surface area contributed by atoms with Crippen LogP contribution in [-0.2, 0) is 21.2 Å². The number of nitrogens with zero attached hydrogens (tertiary/aromatic N) is 3. The Morgan fingerprint density at radius 3 is 2.40 bits per heavy atom. The number of halogens is 3.